The molecule has 8 heteroatoms. The Balaban J connectivity index is 1.88. The van der Waals surface area contributed by atoms with Gasteiger partial charge in [-0.15, -0.1) is 5.10 Å². The zero-order chi connectivity index (χ0) is 17.3. The highest BCUT2D eigenvalue weighted by Gasteiger charge is 2.21. The first-order valence-corrected chi connectivity index (χ1v) is 8.70. The van der Waals surface area contributed by atoms with Gasteiger partial charge in [-0.1, -0.05) is 49.0 Å². The van der Waals surface area contributed by atoms with Gasteiger partial charge in [0, 0.05) is 5.92 Å². The van der Waals surface area contributed by atoms with Crippen molar-refractivity contribution < 1.29 is 4.52 Å². The maximum absolute atomic E-state index is 5.37. The lowest BCUT2D eigenvalue weighted by atomic mass is 10.1. The van der Waals surface area contributed by atoms with Crippen LogP contribution in [-0.2, 0) is 0 Å². The molecule has 0 saturated carbocycles. The van der Waals surface area contributed by atoms with Crippen LogP contribution in [0.4, 0.5) is 0 Å². The minimum Gasteiger partial charge on any atom is -0.338 e. The van der Waals surface area contributed by atoms with Crippen LogP contribution < -0.4 is 0 Å². The summed E-state index contributed by atoms with van der Waals surface area (Å²) in [5.41, 5.74) is 3.25. The molecular weight excluding hydrogens is 324 g/mol. The van der Waals surface area contributed by atoms with Crippen LogP contribution in [0, 0.1) is 13.8 Å². The topological polar surface area (TPSA) is 82.5 Å². The molecule has 1 atom stereocenters. The average Bonchev–Trinajstić information content (AvgIpc) is 3.17. The molecule has 0 aliphatic heterocycles. The molecule has 2 aromatic heterocycles. The second-order valence-corrected chi connectivity index (χ2v) is 7.33. The van der Waals surface area contributed by atoms with E-state index in [-0.39, 0.29) is 11.2 Å². The summed E-state index contributed by atoms with van der Waals surface area (Å²) in [6.45, 7) is 10.2. The maximum atomic E-state index is 5.37. The van der Waals surface area contributed by atoms with E-state index in [0.717, 1.165) is 16.8 Å². The Labute approximate surface area is 144 Å². The number of nitrogens with zero attached hydrogens (tertiary/aromatic N) is 6. The van der Waals surface area contributed by atoms with Crippen molar-refractivity contribution in [2.45, 2.75) is 50.9 Å². The Morgan fingerprint density at radius 1 is 1.12 bits per heavy atom. The summed E-state index contributed by atoms with van der Waals surface area (Å²) in [7, 11) is 0. The molecule has 0 N–H and O–H groups in total. The Kier molecular flexibility index (Phi) is 4.66. The van der Waals surface area contributed by atoms with Gasteiger partial charge in [-0.2, -0.15) is 9.67 Å². The lowest BCUT2D eigenvalue weighted by Gasteiger charge is -2.11. The van der Waals surface area contributed by atoms with Gasteiger partial charge >= 0.3 is 0 Å². The van der Waals surface area contributed by atoms with Gasteiger partial charge in [0.25, 0.3) is 0 Å². The number of benzene rings is 1. The van der Waals surface area contributed by atoms with Crippen LogP contribution in [0.5, 0.6) is 0 Å². The fourth-order valence-electron chi connectivity index (χ4n) is 2.39. The van der Waals surface area contributed by atoms with Crippen molar-refractivity contribution in [3.8, 4) is 5.69 Å². The van der Waals surface area contributed by atoms with E-state index in [1.807, 2.05) is 26.8 Å². The van der Waals surface area contributed by atoms with Crippen molar-refractivity contribution in [3.63, 3.8) is 0 Å². The predicted molar refractivity (Wildman–Crippen MR) is 91.3 cm³/mol. The summed E-state index contributed by atoms with van der Waals surface area (Å²) >= 11 is 1.50. The second-order valence-electron chi connectivity index (χ2n) is 6.02. The molecule has 0 amide bonds. The molecule has 3 aromatic rings. The molecule has 0 aliphatic rings. The van der Waals surface area contributed by atoms with Gasteiger partial charge in [-0.25, -0.2) is 0 Å². The standard InChI is InChI=1S/C16H20N6OS/c1-9(2)14-17-15(23-19-14)12(5)24-16-18-20-21-22(16)13-10(3)7-6-8-11(13)4/h6-9,12H,1-5H3/t12-/m0/s1. The fraction of sp³-hybridized carbons (Fsp3) is 0.438. The molecule has 2 heterocycles. The minimum atomic E-state index is -0.0425. The molecule has 24 heavy (non-hydrogen) atoms. The number of aromatic nitrogens is 6. The number of hydrogen-bond acceptors (Lipinski definition) is 7. The van der Waals surface area contributed by atoms with Gasteiger partial charge in [-0.05, 0) is 42.3 Å². The van der Waals surface area contributed by atoms with Crippen molar-refractivity contribution in [1.29, 1.82) is 0 Å². The third-order valence-electron chi connectivity index (χ3n) is 3.70. The summed E-state index contributed by atoms with van der Waals surface area (Å²) in [6, 6.07) is 6.13. The molecule has 3 rings (SSSR count). The summed E-state index contributed by atoms with van der Waals surface area (Å²) in [4.78, 5) is 4.45. The highest BCUT2D eigenvalue weighted by atomic mass is 32.2. The third-order valence-corrected chi connectivity index (χ3v) is 4.72. The van der Waals surface area contributed by atoms with E-state index in [9.17, 15) is 0 Å². The normalized spacial score (nSPS) is 12.8. The van der Waals surface area contributed by atoms with Gasteiger partial charge in [-0.3, -0.25) is 0 Å². The molecule has 1 aromatic carbocycles. The number of thioether (sulfide) groups is 1. The highest BCUT2D eigenvalue weighted by molar-refractivity contribution is 7.99. The molecule has 0 fully saturated rings. The summed E-state index contributed by atoms with van der Waals surface area (Å²) in [5, 5.41) is 16.8. The minimum absolute atomic E-state index is 0.0425. The van der Waals surface area contributed by atoms with E-state index in [4.69, 9.17) is 4.52 Å². The van der Waals surface area contributed by atoms with E-state index in [1.54, 1.807) is 4.68 Å². The SMILES string of the molecule is Cc1cccc(C)c1-n1nnnc1S[C@@H](C)c1nc(C(C)C)no1. The molecule has 0 aliphatic carbocycles. The number of tetrazole rings is 1. The summed E-state index contributed by atoms with van der Waals surface area (Å²) < 4.78 is 7.14. The first-order chi connectivity index (χ1) is 11.5. The van der Waals surface area contributed by atoms with Crippen molar-refractivity contribution in [2.24, 2.45) is 0 Å². The molecule has 0 radical (unpaired) electrons. The zero-order valence-corrected chi connectivity index (χ0v) is 15.2. The largest absolute Gasteiger partial charge is 0.338 e. The van der Waals surface area contributed by atoms with Crippen molar-refractivity contribution in [2.75, 3.05) is 0 Å². The Morgan fingerprint density at radius 2 is 1.83 bits per heavy atom. The highest BCUT2D eigenvalue weighted by Crippen LogP contribution is 2.34. The first-order valence-electron chi connectivity index (χ1n) is 7.82. The Morgan fingerprint density at radius 3 is 2.46 bits per heavy atom. The van der Waals surface area contributed by atoms with Crippen LogP contribution >= 0.6 is 11.8 Å². The first kappa shape index (κ1) is 16.6. The lowest BCUT2D eigenvalue weighted by molar-refractivity contribution is 0.373. The summed E-state index contributed by atoms with van der Waals surface area (Å²) in [6.07, 6.45) is 0. The van der Waals surface area contributed by atoms with Crippen molar-refractivity contribution in [3.05, 3.63) is 41.0 Å². The van der Waals surface area contributed by atoms with Crippen molar-refractivity contribution in [1.82, 2.24) is 30.3 Å². The van der Waals surface area contributed by atoms with Crippen LogP contribution in [0.2, 0.25) is 0 Å². The molecule has 0 bridgehead atoms. The molecular formula is C16H20N6OS. The van der Waals surface area contributed by atoms with Gasteiger partial charge in [0.15, 0.2) is 5.82 Å². The second kappa shape index (κ2) is 6.72. The number of para-hydroxylation sites is 1. The van der Waals surface area contributed by atoms with Crippen molar-refractivity contribution >= 4 is 11.8 Å². The molecule has 0 unspecified atom stereocenters. The number of aryl methyl sites for hydroxylation is 2. The van der Waals surface area contributed by atoms with E-state index in [0.29, 0.717) is 16.9 Å². The average molecular weight is 344 g/mol. The van der Waals surface area contributed by atoms with Crippen LogP contribution in [0.3, 0.4) is 0 Å². The van der Waals surface area contributed by atoms with Gasteiger partial charge in [0.05, 0.1) is 10.9 Å². The van der Waals surface area contributed by atoms with Crippen LogP contribution in [0.15, 0.2) is 27.9 Å². The van der Waals surface area contributed by atoms with Crippen LogP contribution in [0.25, 0.3) is 5.69 Å². The van der Waals surface area contributed by atoms with E-state index < -0.39 is 0 Å². The molecule has 126 valence electrons. The van der Waals surface area contributed by atoms with Gasteiger partial charge in [0.1, 0.15) is 0 Å². The maximum Gasteiger partial charge on any atom is 0.239 e. The zero-order valence-electron chi connectivity index (χ0n) is 14.4. The van der Waals surface area contributed by atoms with E-state index in [2.05, 4.69) is 51.6 Å². The molecule has 0 spiro atoms. The summed E-state index contributed by atoms with van der Waals surface area (Å²) in [5.74, 6) is 1.53. The Hall–Kier alpha value is -2.22. The van der Waals surface area contributed by atoms with Gasteiger partial charge < -0.3 is 4.52 Å². The quantitative estimate of drug-likeness (QED) is 0.653. The number of rotatable bonds is 5. The van der Waals surface area contributed by atoms with E-state index in [1.165, 1.54) is 11.8 Å². The van der Waals surface area contributed by atoms with E-state index >= 15 is 0 Å². The molecule has 7 nitrogen and oxygen atoms in total. The third kappa shape index (κ3) is 3.19. The lowest BCUT2D eigenvalue weighted by Crippen LogP contribution is -2.04. The smallest absolute Gasteiger partial charge is 0.239 e. The monoisotopic (exact) mass is 344 g/mol. The predicted octanol–water partition coefficient (Wildman–Crippen LogP) is 3.64. The van der Waals surface area contributed by atoms with Crippen LogP contribution in [0.1, 0.15) is 54.8 Å². The van der Waals surface area contributed by atoms with Crippen LogP contribution in [-0.4, -0.2) is 30.3 Å². The van der Waals surface area contributed by atoms with Gasteiger partial charge in [0.2, 0.25) is 11.0 Å². The molecule has 0 saturated heterocycles. The number of hydrogen-bond donors (Lipinski definition) is 0. The fourth-order valence-corrected chi connectivity index (χ4v) is 3.21. The Bertz CT molecular complexity index is 820.